The number of methoxy groups -OCH3 is 1. The molecule has 22 heavy (non-hydrogen) atoms. The van der Waals surface area contributed by atoms with Crippen LogP contribution in [0.2, 0.25) is 5.15 Å². The van der Waals surface area contributed by atoms with E-state index >= 15 is 0 Å². The number of pyridine rings is 1. The molecule has 0 aliphatic carbocycles. The normalized spacial score (nSPS) is 11.8. The van der Waals surface area contributed by atoms with Gasteiger partial charge in [-0.2, -0.15) is 0 Å². The molecule has 0 bridgehead atoms. The van der Waals surface area contributed by atoms with Crippen LogP contribution in [0.5, 0.6) is 5.75 Å². The lowest BCUT2D eigenvalue weighted by Crippen LogP contribution is -2.28. The molecule has 8 heteroatoms. The largest absolute Gasteiger partial charge is 0.495 e. The van der Waals surface area contributed by atoms with Crippen molar-refractivity contribution in [2.24, 2.45) is 0 Å². The summed E-state index contributed by atoms with van der Waals surface area (Å²) >= 11 is 7.34. The zero-order valence-corrected chi connectivity index (χ0v) is 13.9. The smallest absolute Gasteiger partial charge is 0.270 e. The van der Waals surface area contributed by atoms with Gasteiger partial charge in [-0.05, 0) is 31.4 Å². The molecule has 1 N–H and O–H groups in total. The van der Waals surface area contributed by atoms with Crippen molar-refractivity contribution in [1.29, 1.82) is 0 Å². The lowest BCUT2D eigenvalue weighted by Gasteiger charge is -2.14. The first-order chi connectivity index (χ1) is 10.5. The van der Waals surface area contributed by atoms with E-state index in [1.807, 2.05) is 13.2 Å². The lowest BCUT2D eigenvalue weighted by molar-refractivity contribution is 0.0934. The molecular formula is C14H15ClN4O2S. The number of carbonyl (C=O) groups is 1. The fourth-order valence-electron chi connectivity index (χ4n) is 1.71. The molecule has 0 aliphatic rings. The van der Waals surface area contributed by atoms with Crippen molar-refractivity contribution in [2.45, 2.75) is 18.1 Å². The molecule has 0 spiro atoms. The van der Waals surface area contributed by atoms with E-state index in [-0.39, 0.29) is 11.9 Å². The summed E-state index contributed by atoms with van der Waals surface area (Å²) in [5.74, 6) is 0.299. The van der Waals surface area contributed by atoms with E-state index in [1.165, 1.54) is 18.0 Å². The minimum atomic E-state index is -0.317. The Labute approximate surface area is 137 Å². The Morgan fingerprint density at radius 3 is 2.77 bits per heavy atom. The average molecular weight is 339 g/mol. The predicted molar refractivity (Wildman–Crippen MR) is 85.5 cm³/mol. The second-order valence-electron chi connectivity index (χ2n) is 4.38. The molecule has 116 valence electrons. The molecule has 0 saturated heterocycles. The minimum Gasteiger partial charge on any atom is -0.495 e. The van der Waals surface area contributed by atoms with Crippen LogP contribution in [0.25, 0.3) is 0 Å². The zero-order valence-electron chi connectivity index (χ0n) is 12.3. The molecule has 2 aromatic rings. The Morgan fingerprint density at radius 1 is 1.41 bits per heavy atom. The molecule has 0 radical (unpaired) electrons. The predicted octanol–water partition coefficient (Wildman–Crippen LogP) is 2.75. The van der Waals surface area contributed by atoms with Crippen molar-refractivity contribution in [3.05, 3.63) is 40.9 Å². The summed E-state index contributed by atoms with van der Waals surface area (Å²) in [6.07, 6.45) is 3.35. The van der Waals surface area contributed by atoms with Gasteiger partial charge in [0.1, 0.15) is 16.6 Å². The monoisotopic (exact) mass is 338 g/mol. The molecule has 1 amide bonds. The first kappa shape index (κ1) is 16.5. The number of carbonyl (C=O) groups excluding carboxylic acids is 1. The van der Waals surface area contributed by atoms with Crippen molar-refractivity contribution in [3.8, 4) is 5.75 Å². The van der Waals surface area contributed by atoms with Gasteiger partial charge in [-0.3, -0.25) is 4.79 Å². The van der Waals surface area contributed by atoms with Crippen LogP contribution in [-0.4, -0.2) is 34.2 Å². The van der Waals surface area contributed by atoms with Crippen LogP contribution >= 0.6 is 23.4 Å². The van der Waals surface area contributed by atoms with Crippen LogP contribution < -0.4 is 10.1 Å². The molecule has 2 rings (SSSR count). The first-order valence-electron chi connectivity index (χ1n) is 6.43. The molecule has 0 unspecified atom stereocenters. The fraction of sp³-hybridized carbons (Fsp3) is 0.286. The maximum atomic E-state index is 12.2. The van der Waals surface area contributed by atoms with Crippen LogP contribution in [0.15, 0.2) is 29.6 Å². The highest BCUT2D eigenvalue weighted by molar-refractivity contribution is 7.98. The third-order valence-corrected chi connectivity index (χ3v) is 3.61. The molecule has 2 aromatic heterocycles. The highest BCUT2D eigenvalue weighted by atomic mass is 35.5. The van der Waals surface area contributed by atoms with Crippen molar-refractivity contribution in [3.63, 3.8) is 0 Å². The third kappa shape index (κ3) is 4.08. The van der Waals surface area contributed by atoms with E-state index in [2.05, 4.69) is 20.3 Å². The van der Waals surface area contributed by atoms with E-state index in [1.54, 1.807) is 25.3 Å². The van der Waals surface area contributed by atoms with Crippen molar-refractivity contribution < 1.29 is 9.53 Å². The van der Waals surface area contributed by atoms with Crippen LogP contribution in [0.3, 0.4) is 0 Å². The van der Waals surface area contributed by atoms with Gasteiger partial charge in [0.25, 0.3) is 5.91 Å². The summed E-state index contributed by atoms with van der Waals surface area (Å²) < 4.78 is 5.01. The Balaban J connectivity index is 2.11. The van der Waals surface area contributed by atoms with Gasteiger partial charge in [0.05, 0.1) is 25.0 Å². The topological polar surface area (TPSA) is 77.0 Å². The lowest BCUT2D eigenvalue weighted by atomic mass is 10.2. The Morgan fingerprint density at radius 2 is 2.18 bits per heavy atom. The van der Waals surface area contributed by atoms with Gasteiger partial charge in [0.15, 0.2) is 5.16 Å². The Kier molecular flexibility index (Phi) is 5.57. The molecule has 6 nitrogen and oxygen atoms in total. The van der Waals surface area contributed by atoms with Crippen molar-refractivity contribution >= 4 is 29.3 Å². The summed E-state index contributed by atoms with van der Waals surface area (Å²) in [6.45, 7) is 1.82. The number of aromatic nitrogens is 3. The van der Waals surface area contributed by atoms with Crippen LogP contribution in [-0.2, 0) is 0 Å². The Bertz CT molecular complexity index is 666. The van der Waals surface area contributed by atoms with Gasteiger partial charge in [0, 0.05) is 0 Å². The number of hydrogen-bond donors (Lipinski definition) is 1. The third-order valence-electron chi connectivity index (χ3n) is 2.87. The molecule has 0 aromatic carbocycles. The number of ether oxygens (including phenoxy) is 1. The number of nitrogens with one attached hydrogen (secondary N) is 1. The molecular weight excluding hydrogens is 324 g/mol. The number of hydrogen-bond acceptors (Lipinski definition) is 6. The molecule has 1 atom stereocenters. The van der Waals surface area contributed by atoms with Gasteiger partial charge in [-0.15, -0.1) is 0 Å². The highest BCUT2D eigenvalue weighted by Gasteiger charge is 2.15. The minimum absolute atomic E-state index is 0.296. The number of halogens is 1. The van der Waals surface area contributed by atoms with Crippen molar-refractivity contribution in [2.75, 3.05) is 13.4 Å². The quantitative estimate of drug-likeness (QED) is 0.513. The van der Waals surface area contributed by atoms with E-state index in [9.17, 15) is 4.79 Å². The van der Waals surface area contributed by atoms with Crippen LogP contribution in [0, 0.1) is 0 Å². The average Bonchev–Trinajstić information content (AvgIpc) is 2.54. The van der Waals surface area contributed by atoms with E-state index in [4.69, 9.17) is 16.3 Å². The van der Waals surface area contributed by atoms with E-state index in [0.717, 1.165) is 0 Å². The molecule has 2 heterocycles. The number of amides is 1. The zero-order chi connectivity index (χ0) is 16.1. The number of rotatable bonds is 5. The van der Waals surface area contributed by atoms with Crippen LogP contribution in [0.1, 0.15) is 29.1 Å². The highest BCUT2D eigenvalue weighted by Crippen LogP contribution is 2.19. The summed E-state index contributed by atoms with van der Waals surface area (Å²) in [4.78, 5) is 24.6. The molecule has 0 aliphatic heterocycles. The van der Waals surface area contributed by atoms with E-state index < -0.39 is 0 Å². The second-order valence-corrected chi connectivity index (χ2v) is 5.54. The van der Waals surface area contributed by atoms with Gasteiger partial charge in [-0.1, -0.05) is 23.4 Å². The fourth-order valence-corrected chi connectivity index (χ4v) is 2.33. The first-order valence-corrected chi connectivity index (χ1v) is 8.03. The van der Waals surface area contributed by atoms with Gasteiger partial charge < -0.3 is 10.1 Å². The number of nitrogens with zero attached hydrogens (tertiary/aromatic N) is 3. The summed E-state index contributed by atoms with van der Waals surface area (Å²) in [7, 11) is 1.54. The van der Waals surface area contributed by atoms with Gasteiger partial charge in [-0.25, -0.2) is 15.0 Å². The Hall–Kier alpha value is -1.86. The molecule has 0 saturated carbocycles. The second kappa shape index (κ2) is 7.42. The number of thioether (sulfide) groups is 1. The standard InChI is InChI=1S/C14H15ClN4O2S/c1-8(11-6-12(15)19-14(18-11)22-3)17-13(20)10-5-4-9(21-2)7-16-10/h4-8H,1-3H3,(H,17,20)/t8-/m0/s1. The van der Waals surface area contributed by atoms with E-state index in [0.29, 0.717) is 27.4 Å². The maximum Gasteiger partial charge on any atom is 0.270 e. The maximum absolute atomic E-state index is 12.2. The van der Waals surface area contributed by atoms with Crippen molar-refractivity contribution in [1.82, 2.24) is 20.3 Å². The van der Waals surface area contributed by atoms with Gasteiger partial charge >= 0.3 is 0 Å². The van der Waals surface area contributed by atoms with Crippen LogP contribution in [0.4, 0.5) is 0 Å². The SMILES string of the molecule is COc1ccc(C(=O)N[C@@H](C)c2cc(Cl)nc(SC)n2)nc1. The summed E-state index contributed by atoms with van der Waals surface area (Å²) in [5.41, 5.74) is 0.948. The molecule has 0 fully saturated rings. The summed E-state index contributed by atoms with van der Waals surface area (Å²) in [6, 6.07) is 4.59. The summed E-state index contributed by atoms with van der Waals surface area (Å²) in [5, 5.41) is 3.73. The van der Waals surface area contributed by atoms with Gasteiger partial charge in [0.2, 0.25) is 0 Å².